The Morgan fingerprint density at radius 2 is 1.66 bits per heavy atom. The number of nitriles is 1. The van der Waals surface area contributed by atoms with Crippen LogP contribution in [0.15, 0.2) is 61.1 Å². The molecule has 1 N–H and O–H groups in total. The van der Waals surface area contributed by atoms with Gasteiger partial charge in [-0.25, -0.2) is 4.98 Å². The largest absolute Gasteiger partial charge is 0.436 e. The van der Waals surface area contributed by atoms with E-state index in [4.69, 9.17) is 10.00 Å². The molecule has 35 heavy (non-hydrogen) atoms. The van der Waals surface area contributed by atoms with Gasteiger partial charge in [0.2, 0.25) is 5.95 Å². The van der Waals surface area contributed by atoms with Crippen molar-refractivity contribution in [2.45, 2.75) is 20.8 Å². The maximum atomic E-state index is 9.03. The Bertz CT molecular complexity index is 1560. The third-order valence-electron chi connectivity index (χ3n) is 5.71. The first-order valence-corrected chi connectivity index (χ1v) is 11.1. The van der Waals surface area contributed by atoms with Gasteiger partial charge in [-0.3, -0.25) is 4.98 Å². The number of benzene rings is 2. The molecule has 0 fully saturated rings. The Hall–Kier alpha value is -4.77. The third kappa shape index (κ3) is 4.39. The smallest absolute Gasteiger partial charge is 0.250 e. The molecule has 0 bridgehead atoms. The topological polar surface area (TPSA) is 102 Å². The lowest BCUT2D eigenvalue weighted by Crippen LogP contribution is -2.03. The molecule has 0 aliphatic rings. The van der Waals surface area contributed by atoms with Crippen LogP contribution in [0.2, 0.25) is 0 Å². The molecule has 0 atom stereocenters. The fourth-order valence-corrected chi connectivity index (χ4v) is 3.92. The molecule has 5 rings (SSSR count). The first kappa shape index (κ1) is 22.0. The molecular weight excluding hydrogens is 438 g/mol. The molecule has 8 nitrogen and oxygen atoms in total. The molecule has 2 aromatic carbocycles. The Morgan fingerprint density at radius 3 is 2.31 bits per heavy atom. The highest BCUT2D eigenvalue weighted by molar-refractivity contribution is 5.79. The summed E-state index contributed by atoms with van der Waals surface area (Å²) in [7, 11) is 1.88. The van der Waals surface area contributed by atoms with Crippen molar-refractivity contribution in [2.24, 2.45) is 7.05 Å². The first-order chi connectivity index (χ1) is 16.9. The summed E-state index contributed by atoms with van der Waals surface area (Å²) in [5.41, 5.74) is 7.64. The first-order valence-electron chi connectivity index (χ1n) is 11.1. The van der Waals surface area contributed by atoms with Gasteiger partial charge >= 0.3 is 0 Å². The lowest BCUT2D eigenvalue weighted by atomic mass is 10.0. The maximum absolute atomic E-state index is 9.03. The second kappa shape index (κ2) is 8.88. The van der Waals surface area contributed by atoms with Gasteiger partial charge in [-0.2, -0.15) is 15.2 Å². The van der Waals surface area contributed by atoms with Crippen molar-refractivity contribution in [1.29, 1.82) is 5.26 Å². The highest BCUT2D eigenvalue weighted by Gasteiger charge is 2.17. The number of fused-ring (bicyclic) bond motifs is 1. The van der Waals surface area contributed by atoms with Crippen molar-refractivity contribution in [2.75, 3.05) is 5.32 Å². The van der Waals surface area contributed by atoms with E-state index in [2.05, 4.69) is 49.5 Å². The van der Waals surface area contributed by atoms with Crippen LogP contribution in [-0.4, -0.2) is 24.5 Å². The molecule has 172 valence electrons. The number of imidazole rings is 1. The van der Waals surface area contributed by atoms with E-state index in [-0.39, 0.29) is 0 Å². The van der Waals surface area contributed by atoms with Crippen LogP contribution in [0.3, 0.4) is 0 Å². The Balaban J connectivity index is 1.52. The Labute approximate surface area is 202 Å². The molecule has 0 radical (unpaired) electrons. The SMILES string of the molecule is Cc1ccc(-c2cc(C)c(Oc3nc(Nc4ccc(C#N)cc4)nc4ncn(C)c34)c(C)c2)cn1. The summed E-state index contributed by atoms with van der Waals surface area (Å²) in [6.45, 7) is 6.01. The molecule has 0 saturated carbocycles. The van der Waals surface area contributed by atoms with Crippen LogP contribution in [0, 0.1) is 32.1 Å². The van der Waals surface area contributed by atoms with Crippen LogP contribution in [0.4, 0.5) is 11.6 Å². The number of pyridine rings is 1. The quantitative estimate of drug-likeness (QED) is 0.355. The number of rotatable bonds is 5. The lowest BCUT2D eigenvalue weighted by molar-refractivity contribution is 0.459. The molecule has 0 saturated heterocycles. The highest BCUT2D eigenvalue weighted by Crippen LogP contribution is 2.35. The van der Waals surface area contributed by atoms with Gasteiger partial charge in [0.05, 0.1) is 18.0 Å². The zero-order valence-corrected chi connectivity index (χ0v) is 19.9. The van der Waals surface area contributed by atoms with Crippen molar-refractivity contribution < 1.29 is 4.74 Å². The number of nitrogens with zero attached hydrogens (tertiary/aromatic N) is 6. The number of anilines is 2. The molecule has 0 amide bonds. The van der Waals surface area contributed by atoms with Gasteiger partial charge in [0.1, 0.15) is 5.75 Å². The fraction of sp³-hybridized carbons (Fsp3) is 0.148. The number of hydrogen-bond donors (Lipinski definition) is 1. The van der Waals surface area contributed by atoms with Crippen LogP contribution in [0.1, 0.15) is 22.4 Å². The number of aryl methyl sites for hydroxylation is 4. The number of aromatic nitrogens is 5. The van der Waals surface area contributed by atoms with E-state index < -0.39 is 0 Å². The van der Waals surface area contributed by atoms with Gasteiger partial charge in [-0.15, -0.1) is 0 Å². The van der Waals surface area contributed by atoms with E-state index in [9.17, 15) is 0 Å². The fourth-order valence-electron chi connectivity index (χ4n) is 3.92. The lowest BCUT2D eigenvalue weighted by Gasteiger charge is -2.15. The Kier molecular flexibility index (Phi) is 5.59. The summed E-state index contributed by atoms with van der Waals surface area (Å²) in [6, 6.07) is 17.4. The zero-order valence-electron chi connectivity index (χ0n) is 19.9. The van der Waals surface area contributed by atoms with E-state index in [0.29, 0.717) is 28.6 Å². The van der Waals surface area contributed by atoms with Crippen molar-refractivity contribution in [3.8, 4) is 28.8 Å². The summed E-state index contributed by atoms with van der Waals surface area (Å²) in [4.78, 5) is 18.0. The zero-order chi connectivity index (χ0) is 24.5. The molecule has 0 unspecified atom stereocenters. The summed E-state index contributed by atoms with van der Waals surface area (Å²) in [5.74, 6) is 1.50. The molecule has 5 aromatic rings. The van der Waals surface area contributed by atoms with Crippen LogP contribution in [0.5, 0.6) is 11.6 Å². The van der Waals surface area contributed by atoms with E-state index >= 15 is 0 Å². The van der Waals surface area contributed by atoms with Gasteiger partial charge < -0.3 is 14.6 Å². The second-order valence-corrected chi connectivity index (χ2v) is 8.42. The Morgan fingerprint density at radius 1 is 0.914 bits per heavy atom. The van der Waals surface area contributed by atoms with Gasteiger partial charge in [-0.05, 0) is 79.9 Å². The minimum absolute atomic E-state index is 0.355. The van der Waals surface area contributed by atoms with Crippen LogP contribution in [-0.2, 0) is 7.05 Å². The molecule has 3 heterocycles. The second-order valence-electron chi connectivity index (χ2n) is 8.42. The molecule has 0 aliphatic carbocycles. The van der Waals surface area contributed by atoms with Crippen LogP contribution < -0.4 is 10.1 Å². The van der Waals surface area contributed by atoms with E-state index in [1.807, 2.05) is 44.6 Å². The molecule has 8 heteroatoms. The van der Waals surface area contributed by atoms with E-state index in [0.717, 1.165) is 39.4 Å². The van der Waals surface area contributed by atoms with Crippen molar-refractivity contribution in [3.63, 3.8) is 0 Å². The molecular formula is C27H23N7O. The summed E-state index contributed by atoms with van der Waals surface area (Å²) >= 11 is 0. The van der Waals surface area contributed by atoms with Gasteiger partial charge in [0, 0.05) is 30.2 Å². The predicted molar refractivity (Wildman–Crippen MR) is 135 cm³/mol. The summed E-state index contributed by atoms with van der Waals surface area (Å²) < 4.78 is 8.25. The third-order valence-corrected chi connectivity index (χ3v) is 5.71. The molecule has 3 aromatic heterocycles. The minimum atomic E-state index is 0.355. The van der Waals surface area contributed by atoms with Gasteiger partial charge in [0.15, 0.2) is 11.2 Å². The van der Waals surface area contributed by atoms with Crippen molar-refractivity contribution in [1.82, 2.24) is 24.5 Å². The molecule has 0 aliphatic heterocycles. The van der Waals surface area contributed by atoms with Crippen LogP contribution >= 0.6 is 0 Å². The monoisotopic (exact) mass is 461 g/mol. The standard InChI is InChI=1S/C27H23N7O/c1-16-11-21(20-8-5-18(3)29-14-20)12-17(2)24(16)35-26-23-25(30-15-34(23)4)32-27(33-26)31-22-9-6-19(13-28)7-10-22/h5-12,14-15H,1-4H3,(H,31,32,33). The number of ether oxygens (including phenoxy) is 1. The van der Waals surface area contributed by atoms with Gasteiger partial charge in [0.25, 0.3) is 5.88 Å². The predicted octanol–water partition coefficient (Wildman–Crippen LogP) is 5.76. The normalized spacial score (nSPS) is 10.8. The number of hydrogen-bond acceptors (Lipinski definition) is 7. The average Bonchev–Trinajstić information content (AvgIpc) is 3.23. The maximum Gasteiger partial charge on any atom is 0.250 e. The summed E-state index contributed by atoms with van der Waals surface area (Å²) in [5, 5.41) is 12.2. The highest BCUT2D eigenvalue weighted by atomic mass is 16.5. The number of nitrogens with one attached hydrogen (secondary N) is 1. The van der Waals surface area contributed by atoms with Gasteiger partial charge in [-0.1, -0.05) is 6.07 Å². The average molecular weight is 462 g/mol. The summed E-state index contributed by atoms with van der Waals surface area (Å²) in [6.07, 6.45) is 3.57. The van der Waals surface area contributed by atoms with E-state index in [1.165, 1.54) is 0 Å². The molecule has 0 spiro atoms. The minimum Gasteiger partial charge on any atom is -0.436 e. The van der Waals surface area contributed by atoms with Crippen molar-refractivity contribution >= 4 is 22.8 Å². The van der Waals surface area contributed by atoms with E-state index in [1.54, 1.807) is 30.6 Å². The van der Waals surface area contributed by atoms with Crippen LogP contribution in [0.25, 0.3) is 22.3 Å². The van der Waals surface area contributed by atoms with Crippen molar-refractivity contribution in [3.05, 3.63) is 83.4 Å².